The van der Waals surface area contributed by atoms with Gasteiger partial charge in [-0.3, -0.25) is 0 Å². The van der Waals surface area contributed by atoms with Gasteiger partial charge in [-0.1, -0.05) is 23.7 Å². The SMILES string of the molecule is COc1cccc(CNC[C@@H](O)[C@H](Cc2cc(F)cc(F)c2)NS(=O)(=O)c2sc3ccc(Cl)cc3c2C)c1. The molecule has 4 rings (SSSR count). The lowest BCUT2D eigenvalue weighted by Crippen LogP contribution is -2.48. The summed E-state index contributed by atoms with van der Waals surface area (Å²) in [5.74, 6) is -0.891. The number of sulfonamides is 1. The number of hydrogen-bond acceptors (Lipinski definition) is 6. The normalized spacial score (nSPS) is 13.5. The summed E-state index contributed by atoms with van der Waals surface area (Å²) in [5, 5.41) is 15.3. The predicted octanol–water partition coefficient (Wildman–Crippen LogP) is 5.19. The highest BCUT2D eigenvalue weighted by molar-refractivity contribution is 7.91. The van der Waals surface area contributed by atoms with Crippen LogP contribution >= 0.6 is 22.9 Å². The summed E-state index contributed by atoms with van der Waals surface area (Å²) in [6.07, 6.45) is -1.35. The van der Waals surface area contributed by atoms with Crippen molar-refractivity contribution < 1.29 is 27.0 Å². The quantitative estimate of drug-likeness (QED) is 0.227. The van der Waals surface area contributed by atoms with Crippen molar-refractivity contribution in [2.45, 2.75) is 36.2 Å². The molecule has 0 saturated carbocycles. The minimum atomic E-state index is -4.10. The smallest absolute Gasteiger partial charge is 0.250 e. The summed E-state index contributed by atoms with van der Waals surface area (Å²) in [6.45, 7) is 2.09. The Bertz CT molecular complexity index is 1530. The van der Waals surface area contributed by atoms with Crippen LogP contribution in [-0.4, -0.2) is 39.3 Å². The lowest BCUT2D eigenvalue weighted by atomic mass is 10.0. The van der Waals surface area contributed by atoms with Crippen LogP contribution in [0.1, 0.15) is 16.7 Å². The first-order valence-electron chi connectivity index (χ1n) is 11.7. The molecule has 38 heavy (non-hydrogen) atoms. The van der Waals surface area contributed by atoms with Gasteiger partial charge in [0.2, 0.25) is 0 Å². The molecule has 0 saturated heterocycles. The van der Waals surface area contributed by atoms with E-state index in [1.54, 1.807) is 32.2 Å². The number of thiophene rings is 1. The summed E-state index contributed by atoms with van der Waals surface area (Å²) in [7, 11) is -2.54. The first-order valence-corrected chi connectivity index (χ1v) is 14.4. The van der Waals surface area contributed by atoms with Gasteiger partial charge < -0.3 is 15.2 Å². The number of rotatable bonds is 11. The van der Waals surface area contributed by atoms with E-state index < -0.39 is 33.8 Å². The Morgan fingerprint density at radius 3 is 2.50 bits per heavy atom. The molecule has 3 N–H and O–H groups in total. The molecular weight excluding hydrogens is 554 g/mol. The van der Waals surface area contributed by atoms with Gasteiger partial charge in [-0.25, -0.2) is 21.9 Å². The van der Waals surface area contributed by atoms with E-state index in [4.69, 9.17) is 16.3 Å². The Balaban J connectivity index is 1.57. The van der Waals surface area contributed by atoms with Gasteiger partial charge in [0.05, 0.1) is 19.3 Å². The Morgan fingerprint density at radius 1 is 1.05 bits per heavy atom. The highest BCUT2D eigenvalue weighted by Crippen LogP contribution is 2.35. The maximum atomic E-state index is 13.9. The molecule has 0 spiro atoms. The molecule has 6 nitrogen and oxygen atoms in total. The molecule has 0 bridgehead atoms. The van der Waals surface area contributed by atoms with Gasteiger partial charge in [0.15, 0.2) is 0 Å². The fraction of sp³-hybridized carbons (Fsp3) is 0.259. The van der Waals surface area contributed by atoms with Gasteiger partial charge in [-0.15, -0.1) is 11.3 Å². The number of halogens is 3. The molecular formula is C27H27ClF2N2O4S2. The minimum absolute atomic E-state index is 0.0171. The van der Waals surface area contributed by atoms with Gasteiger partial charge in [-0.05, 0) is 77.9 Å². The first-order chi connectivity index (χ1) is 18.1. The lowest BCUT2D eigenvalue weighted by Gasteiger charge is -2.25. The van der Waals surface area contributed by atoms with Gasteiger partial charge in [0, 0.05) is 28.9 Å². The topological polar surface area (TPSA) is 87.7 Å². The van der Waals surface area contributed by atoms with Crippen LogP contribution in [0.25, 0.3) is 10.1 Å². The third kappa shape index (κ3) is 6.88. The van der Waals surface area contributed by atoms with Crippen molar-refractivity contribution in [2.75, 3.05) is 13.7 Å². The van der Waals surface area contributed by atoms with Crippen molar-refractivity contribution in [1.29, 1.82) is 0 Å². The highest BCUT2D eigenvalue weighted by atomic mass is 35.5. The number of benzene rings is 3. The number of fused-ring (bicyclic) bond motifs is 1. The van der Waals surface area contributed by atoms with Crippen molar-refractivity contribution in [3.05, 3.63) is 94.0 Å². The number of aliphatic hydroxyl groups is 1. The van der Waals surface area contributed by atoms with E-state index in [0.717, 1.165) is 39.8 Å². The predicted molar refractivity (Wildman–Crippen MR) is 146 cm³/mol. The Morgan fingerprint density at radius 2 is 1.79 bits per heavy atom. The molecule has 3 aromatic carbocycles. The zero-order chi connectivity index (χ0) is 27.4. The average molecular weight is 581 g/mol. The number of aryl methyl sites for hydroxylation is 1. The molecule has 0 aliphatic rings. The van der Waals surface area contributed by atoms with Crippen LogP contribution in [-0.2, 0) is 23.0 Å². The fourth-order valence-corrected chi connectivity index (χ4v) is 7.41. The number of aliphatic hydroxyl groups excluding tert-OH is 1. The third-order valence-corrected chi connectivity index (χ3v) is 9.68. The molecule has 0 unspecified atom stereocenters. The Labute approximate surface area is 229 Å². The monoisotopic (exact) mass is 580 g/mol. The molecule has 0 amide bonds. The van der Waals surface area contributed by atoms with Gasteiger partial charge in [-0.2, -0.15) is 0 Å². The number of ether oxygens (including phenoxy) is 1. The largest absolute Gasteiger partial charge is 0.497 e. The number of hydrogen-bond donors (Lipinski definition) is 3. The maximum Gasteiger partial charge on any atom is 0.250 e. The molecule has 0 fully saturated rings. The zero-order valence-electron chi connectivity index (χ0n) is 20.7. The molecule has 2 atom stereocenters. The van der Waals surface area contributed by atoms with Crippen molar-refractivity contribution >= 4 is 43.0 Å². The standard InChI is InChI=1S/C27H27ClF2N2O4S2/c1-16-23-12-19(28)6-7-26(23)37-27(16)38(34,35)32-24(11-18-8-20(29)13-21(30)9-18)25(33)15-31-14-17-4-3-5-22(10-17)36-2/h3-10,12-13,24-25,31-33H,11,14-15H2,1-2H3/t24-,25+/m0/s1. The molecule has 1 heterocycles. The van der Waals surface area contributed by atoms with Crippen LogP contribution < -0.4 is 14.8 Å². The van der Waals surface area contributed by atoms with E-state index in [1.165, 1.54) is 0 Å². The van der Waals surface area contributed by atoms with Crippen LogP contribution in [0.5, 0.6) is 5.75 Å². The van der Waals surface area contributed by atoms with Crippen LogP contribution in [0, 0.1) is 18.6 Å². The van der Waals surface area contributed by atoms with E-state index in [1.807, 2.05) is 24.3 Å². The molecule has 1 aromatic heterocycles. The lowest BCUT2D eigenvalue weighted by molar-refractivity contribution is 0.134. The second kappa shape index (κ2) is 12.1. The molecule has 0 aliphatic heterocycles. The molecule has 4 aromatic rings. The summed E-state index contributed by atoms with van der Waals surface area (Å²) >= 11 is 7.18. The van der Waals surface area contributed by atoms with Gasteiger partial charge in [0.1, 0.15) is 21.6 Å². The zero-order valence-corrected chi connectivity index (χ0v) is 23.1. The van der Waals surface area contributed by atoms with Crippen LogP contribution in [0.2, 0.25) is 5.02 Å². The molecule has 11 heteroatoms. The first kappa shape index (κ1) is 28.4. The maximum absolute atomic E-state index is 13.9. The summed E-state index contributed by atoms with van der Waals surface area (Å²) in [4.78, 5) is 0. The minimum Gasteiger partial charge on any atom is -0.497 e. The molecule has 202 valence electrons. The fourth-order valence-electron chi connectivity index (χ4n) is 4.21. The molecule has 0 radical (unpaired) electrons. The van der Waals surface area contributed by atoms with E-state index in [0.29, 0.717) is 28.3 Å². The van der Waals surface area contributed by atoms with Crippen LogP contribution in [0.4, 0.5) is 8.78 Å². The van der Waals surface area contributed by atoms with E-state index in [9.17, 15) is 22.3 Å². The van der Waals surface area contributed by atoms with Crippen LogP contribution in [0.15, 0.2) is 64.9 Å². The van der Waals surface area contributed by atoms with Crippen molar-refractivity contribution in [3.63, 3.8) is 0 Å². The average Bonchev–Trinajstić information content (AvgIpc) is 3.19. The van der Waals surface area contributed by atoms with E-state index in [2.05, 4.69) is 10.0 Å². The second-order valence-electron chi connectivity index (χ2n) is 8.91. The third-order valence-electron chi connectivity index (χ3n) is 6.06. The van der Waals surface area contributed by atoms with Gasteiger partial charge >= 0.3 is 0 Å². The van der Waals surface area contributed by atoms with Gasteiger partial charge in [0.25, 0.3) is 10.0 Å². The highest BCUT2D eigenvalue weighted by Gasteiger charge is 2.29. The number of nitrogens with one attached hydrogen (secondary N) is 2. The Kier molecular flexibility index (Phi) is 9.02. The summed E-state index contributed by atoms with van der Waals surface area (Å²) in [6, 6.07) is 14.4. The van der Waals surface area contributed by atoms with Crippen molar-refractivity contribution in [1.82, 2.24) is 10.0 Å². The van der Waals surface area contributed by atoms with Crippen molar-refractivity contribution in [2.24, 2.45) is 0 Å². The number of methoxy groups -OCH3 is 1. The second-order valence-corrected chi connectivity index (χ2v) is 12.3. The van der Waals surface area contributed by atoms with Crippen molar-refractivity contribution in [3.8, 4) is 5.75 Å². The van der Waals surface area contributed by atoms with E-state index >= 15 is 0 Å². The molecule has 0 aliphatic carbocycles. The summed E-state index contributed by atoms with van der Waals surface area (Å²) in [5.41, 5.74) is 1.64. The van der Waals surface area contributed by atoms with Crippen LogP contribution in [0.3, 0.4) is 0 Å². The van der Waals surface area contributed by atoms with E-state index in [-0.39, 0.29) is 22.7 Å². The Hall–Kier alpha value is -2.60. The summed E-state index contributed by atoms with van der Waals surface area (Å²) < 4.78 is 63.3.